The van der Waals surface area contributed by atoms with Crippen LogP contribution in [-0.4, -0.2) is 44.5 Å². The number of carbonyl (C=O) groups is 1. The van der Waals surface area contributed by atoms with Crippen molar-refractivity contribution < 1.29 is 9.53 Å². The second-order valence-corrected chi connectivity index (χ2v) is 6.52. The second-order valence-electron chi connectivity index (χ2n) is 6.52. The van der Waals surface area contributed by atoms with Crippen molar-refractivity contribution in [1.29, 1.82) is 0 Å². The highest BCUT2D eigenvalue weighted by molar-refractivity contribution is 5.92. The summed E-state index contributed by atoms with van der Waals surface area (Å²) in [4.78, 5) is 31.9. The molecule has 3 aromatic rings. The van der Waals surface area contributed by atoms with Gasteiger partial charge in [0.25, 0.3) is 11.5 Å². The van der Waals surface area contributed by atoms with Crippen LogP contribution in [0.4, 0.5) is 0 Å². The van der Waals surface area contributed by atoms with Gasteiger partial charge in [0.15, 0.2) is 0 Å². The molecule has 7 nitrogen and oxygen atoms in total. The molecule has 0 unspecified atom stereocenters. The number of likely N-dealkylation sites (tertiary alicyclic amines) is 1. The maximum atomic E-state index is 12.5. The third-order valence-corrected chi connectivity index (χ3v) is 4.81. The van der Waals surface area contributed by atoms with Gasteiger partial charge in [-0.25, -0.2) is 4.98 Å². The Morgan fingerprint density at radius 1 is 1.27 bits per heavy atom. The maximum absolute atomic E-state index is 12.5. The van der Waals surface area contributed by atoms with Crippen LogP contribution in [0.2, 0.25) is 0 Å². The number of H-pyrrole nitrogens is 1. The van der Waals surface area contributed by atoms with Crippen molar-refractivity contribution >= 4 is 16.8 Å². The number of rotatable bonds is 3. The Hall–Kier alpha value is -3.09. The van der Waals surface area contributed by atoms with E-state index < -0.39 is 0 Å². The summed E-state index contributed by atoms with van der Waals surface area (Å²) in [6.07, 6.45) is 4.84. The molecule has 1 fully saturated rings. The van der Waals surface area contributed by atoms with Crippen LogP contribution in [0.15, 0.2) is 47.7 Å². The second kappa shape index (κ2) is 6.67. The first kappa shape index (κ1) is 16.4. The summed E-state index contributed by atoms with van der Waals surface area (Å²) >= 11 is 0. The van der Waals surface area contributed by atoms with Gasteiger partial charge in [-0.1, -0.05) is 6.07 Å². The fraction of sp³-hybridized carbons (Fsp3) is 0.316. The van der Waals surface area contributed by atoms with E-state index in [0.717, 1.165) is 29.5 Å². The van der Waals surface area contributed by atoms with Crippen molar-refractivity contribution in [3.05, 3.63) is 58.9 Å². The van der Waals surface area contributed by atoms with Gasteiger partial charge >= 0.3 is 0 Å². The Morgan fingerprint density at radius 3 is 2.85 bits per heavy atom. The van der Waals surface area contributed by atoms with Gasteiger partial charge in [-0.2, -0.15) is 0 Å². The van der Waals surface area contributed by atoms with Crippen molar-refractivity contribution in [3.63, 3.8) is 0 Å². The van der Waals surface area contributed by atoms with Gasteiger partial charge in [0.2, 0.25) is 0 Å². The molecular formula is C19H20N4O3. The van der Waals surface area contributed by atoms with Crippen LogP contribution in [0.1, 0.15) is 23.3 Å². The monoisotopic (exact) mass is 352 g/mol. The van der Waals surface area contributed by atoms with Gasteiger partial charge < -0.3 is 19.2 Å². The molecular weight excluding hydrogens is 332 g/mol. The third kappa shape index (κ3) is 3.08. The van der Waals surface area contributed by atoms with Gasteiger partial charge in [-0.3, -0.25) is 9.59 Å². The van der Waals surface area contributed by atoms with Gasteiger partial charge in [-0.05, 0) is 18.2 Å². The number of aryl methyl sites for hydroxylation is 1. The Morgan fingerprint density at radius 2 is 2.08 bits per heavy atom. The largest absolute Gasteiger partial charge is 0.490 e. The van der Waals surface area contributed by atoms with Gasteiger partial charge in [-0.15, -0.1) is 0 Å². The molecule has 0 spiro atoms. The molecule has 1 amide bonds. The molecule has 7 heteroatoms. The van der Waals surface area contributed by atoms with Crippen LogP contribution in [0.3, 0.4) is 0 Å². The lowest BCUT2D eigenvalue weighted by atomic mass is 10.1. The molecule has 4 rings (SSSR count). The first-order chi connectivity index (χ1) is 12.6. The van der Waals surface area contributed by atoms with Crippen LogP contribution in [0, 0.1) is 0 Å². The molecule has 0 aliphatic carbocycles. The van der Waals surface area contributed by atoms with E-state index in [1.54, 1.807) is 4.90 Å². The summed E-state index contributed by atoms with van der Waals surface area (Å²) in [6, 6.07) is 9.34. The van der Waals surface area contributed by atoms with Crippen LogP contribution in [0.25, 0.3) is 10.9 Å². The molecule has 0 radical (unpaired) electrons. The first-order valence-corrected chi connectivity index (χ1v) is 8.66. The molecule has 0 atom stereocenters. The van der Waals surface area contributed by atoms with E-state index in [-0.39, 0.29) is 23.3 Å². The minimum atomic E-state index is -0.322. The molecule has 0 bridgehead atoms. The number of ether oxygens (including phenoxy) is 1. The van der Waals surface area contributed by atoms with E-state index in [2.05, 4.69) is 26.7 Å². The summed E-state index contributed by atoms with van der Waals surface area (Å²) in [5.41, 5.74) is 0.996. The Balaban J connectivity index is 1.42. The molecule has 1 aliphatic rings. The lowest BCUT2D eigenvalue weighted by molar-refractivity contribution is 0.0592. The SMILES string of the molecule is Cn1ccc2c(OC3CCN(C(=O)c4cc(=O)[nH]cn4)CC3)cccc21. The summed E-state index contributed by atoms with van der Waals surface area (Å²) in [6.45, 7) is 1.17. The van der Waals surface area contributed by atoms with Crippen LogP contribution in [-0.2, 0) is 7.05 Å². The fourth-order valence-electron chi connectivity index (χ4n) is 3.38. The lowest BCUT2D eigenvalue weighted by Gasteiger charge is -2.32. The van der Waals surface area contributed by atoms with Crippen LogP contribution < -0.4 is 10.3 Å². The van der Waals surface area contributed by atoms with Gasteiger partial charge in [0, 0.05) is 50.6 Å². The Kier molecular flexibility index (Phi) is 4.20. The predicted molar refractivity (Wildman–Crippen MR) is 97.3 cm³/mol. The fourth-order valence-corrected chi connectivity index (χ4v) is 3.38. The van der Waals surface area contributed by atoms with E-state index in [1.807, 2.05) is 25.4 Å². The highest BCUT2D eigenvalue weighted by atomic mass is 16.5. The minimum Gasteiger partial charge on any atom is -0.490 e. The summed E-state index contributed by atoms with van der Waals surface area (Å²) in [5, 5.41) is 1.10. The Bertz CT molecular complexity index is 999. The third-order valence-electron chi connectivity index (χ3n) is 4.81. The zero-order valence-electron chi connectivity index (χ0n) is 14.5. The van der Waals surface area contributed by atoms with E-state index in [1.165, 1.54) is 12.4 Å². The number of hydrogen-bond donors (Lipinski definition) is 1. The van der Waals surface area contributed by atoms with Gasteiger partial charge in [0.1, 0.15) is 17.5 Å². The number of aromatic amines is 1. The summed E-state index contributed by atoms with van der Waals surface area (Å²) in [7, 11) is 2.01. The lowest BCUT2D eigenvalue weighted by Crippen LogP contribution is -2.42. The van der Waals surface area contributed by atoms with Crippen LogP contribution >= 0.6 is 0 Å². The zero-order valence-corrected chi connectivity index (χ0v) is 14.5. The highest BCUT2D eigenvalue weighted by Gasteiger charge is 2.26. The predicted octanol–water partition coefficient (Wildman–Crippen LogP) is 1.95. The number of benzene rings is 1. The summed E-state index contributed by atoms with van der Waals surface area (Å²) < 4.78 is 8.28. The normalized spacial score (nSPS) is 15.3. The molecule has 3 heterocycles. The summed E-state index contributed by atoms with van der Waals surface area (Å²) in [5.74, 6) is 0.670. The first-order valence-electron chi connectivity index (χ1n) is 8.66. The number of hydrogen-bond acceptors (Lipinski definition) is 4. The number of aromatic nitrogens is 3. The molecule has 1 aliphatic heterocycles. The Labute approximate surface area is 150 Å². The smallest absolute Gasteiger partial charge is 0.272 e. The topological polar surface area (TPSA) is 80.2 Å². The average Bonchev–Trinajstić information content (AvgIpc) is 3.04. The van der Waals surface area contributed by atoms with Crippen molar-refractivity contribution in [3.8, 4) is 5.75 Å². The molecule has 26 heavy (non-hydrogen) atoms. The molecule has 0 saturated carbocycles. The van der Waals surface area contributed by atoms with E-state index in [4.69, 9.17) is 4.74 Å². The molecule has 1 aromatic carbocycles. The maximum Gasteiger partial charge on any atom is 0.272 e. The number of fused-ring (bicyclic) bond motifs is 1. The van der Waals surface area contributed by atoms with Crippen molar-refractivity contribution in [1.82, 2.24) is 19.4 Å². The van der Waals surface area contributed by atoms with Crippen molar-refractivity contribution in [2.24, 2.45) is 7.05 Å². The van der Waals surface area contributed by atoms with Gasteiger partial charge in [0.05, 0.1) is 11.8 Å². The quantitative estimate of drug-likeness (QED) is 0.781. The van der Waals surface area contributed by atoms with E-state index >= 15 is 0 Å². The highest BCUT2D eigenvalue weighted by Crippen LogP contribution is 2.28. The number of amides is 1. The zero-order chi connectivity index (χ0) is 18.1. The van der Waals surface area contributed by atoms with Crippen LogP contribution in [0.5, 0.6) is 5.75 Å². The number of piperidine rings is 1. The molecule has 2 aromatic heterocycles. The molecule has 134 valence electrons. The van der Waals surface area contributed by atoms with E-state index in [9.17, 15) is 9.59 Å². The molecule has 1 saturated heterocycles. The standard InChI is InChI=1S/C19H20N4O3/c1-22-8-7-14-16(22)3-2-4-17(14)26-13-5-9-23(10-6-13)19(25)15-11-18(24)21-12-20-15/h2-4,7-8,11-13H,5-6,9-10H2,1H3,(H,20,21,24). The number of carbonyl (C=O) groups excluding carboxylic acids is 1. The van der Waals surface area contributed by atoms with Crippen molar-refractivity contribution in [2.75, 3.05) is 13.1 Å². The number of nitrogens with zero attached hydrogens (tertiary/aromatic N) is 3. The van der Waals surface area contributed by atoms with E-state index in [0.29, 0.717) is 13.1 Å². The van der Waals surface area contributed by atoms with Crippen molar-refractivity contribution in [2.45, 2.75) is 18.9 Å². The number of nitrogens with one attached hydrogen (secondary N) is 1. The molecule has 1 N–H and O–H groups in total. The minimum absolute atomic E-state index is 0.0667. The average molecular weight is 352 g/mol.